The number of carboxylic acids is 1. The van der Waals surface area contributed by atoms with Crippen LogP contribution in [0.1, 0.15) is 37.6 Å². The Labute approximate surface area is 105 Å². The molecule has 3 nitrogen and oxygen atoms in total. The summed E-state index contributed by atoms with van der Waals surface area (Å²) in [4.78, 5) is 12.4. The van der Waals surface area contributed by atoms with Crippen molar-refractivity contribution in [2.45, 2.75) is 33.2 Å². The Morgan fingerprint density at radius 2 is 1.94 bits per heavy atom. The maximum Gasteiger partial charge on any atom is 0.338 e. The molecule has 0 unspecified atom stereocenters. The third-order valence-corrected chi connectivity index (χ3v) is 2.69. The van der Waals surface area contributed by atoms with E-state index in [2.05, 4.69) is 0 Å². The van der Waals surface area contributed by atoms with Crippen LogP contribution in [0.3, 0.4) is 0 Å². The van der Waals surface area contributed by atoms with Crippen LogP contribution in [0, 0.1) is 11.6 Å². The van der Waals surface area contributed by atoms with E-state index in [0.29, 0.717) is 6.54 Å². The molecular formula is C13H17F2NO2. The third-order valence-electron chi connectivity index (χ3n) is 2.69. The molecule has 0 radical (unpaired) electrons. The average Bonchev–Trinajstić information content (AvgIpc) is 2.29. The molecule has 1 rings (SSSR count). The van der Waals surface area contributed by atoms with Gasteiger partial charge in [0.05, 0.1) is 11.3 Å². The maximum absolute atomic E-state index is 13.9. The van der Waals surface area contributed by atoms with Gasteiger partial charge in [-0.1, -0.05) is 6.92 Å². The zero-order chi connectivity index (χ0) is 13.9. The number of hydrogen-bond acceptors (Lipinski definition) is 2. The molecule has 1 aromatic rings. The van der Waals surface area contributed by atoms with Crippen molar-refractivity contribution in [3.63, 3.8) is 0 Å². The topological polar surface area (TPSA) is 40.5 Å². The molecule has 0 saturated heterocycles. The Morgan fingerprint density at radius 3 is 2.39 bits per heavy atom. The fraction of sp³-hybridized carbons (Fsp3) is 0.462. The first-order chi connectivity index (χ1) is 8.40. The summed E-state index contributed by atoms with van der Waals surface area (Å²) < 4.78 is 27.5. The minimum Gasteiger partial charge on any atom is -0.478 e. The van der Waals surface area contributed by atoms with Gasteiger partial charge in [-0.15, -0.1) is 0 Å². The molecule has 1 N–H and O–H groups in total. The number of anilines is 1. The van der Waals surface area contributed by atoms with Crippen LogP contribution in [0.2, 0.25) is 0 Å². The van der Waals surface area contributed by atoms with Crippen LogP contribution in [0.4, 0.5) is 14.5 Å². The Kier molecular flexibility index (Phi) is 4.64. The van der Waals surface area contributed by atoms with Crippen molar-refractivity contribution in [3.8, 4) is 0 Å². The van der Waals surface area contributed by atoms with Crippen LogP contribution in [0.15, 0.2) is 12.1 Å². The highest BCUT2D eigenvalue weighted by atomic mass is 19.2. The minimum atomic E-state index is -1.47. The Hall–Kier alpha value is -1.65. The van der Waals surface area contributed by atoms with Crippen molar-refractivity contribution in [2.24, 2.45) is 0 Å². The highest BCUT2D eigenvalue weighted by Crippen LogP contribution is 2.26. The molecule has 0 saturated carbocycles. The number of aromatic carboxylic acids is 1. The van der Waals surface area contributed by atoms with E-state index in [4.69, 9.17) is 5.11 Å². The zero-order valence-electron chi connectivity index (χ0n) is 10.7. The quantitative estimate of drug-likeness (QED) is 0.880. The highest BCUT2D eigenvalue weighted by Gasteiger charge is 2.22. The second-order valence-electron chi connectivity index (χ2n) is 4.35. The lowest BCUT2D eigenvalue weighted by molar-refractivity contribution is 0.0690. The third kappa shape index (κ3) is 2.78. The van der Waals surface area contributed by atoms with E-state index in [1.165, 1.54) is 6.07 Å². The van der Waals surface area contributed by atoms with E-state index >= 15 is 0 Å². The summed E-state index contributed by atoms with van der Waals surface area (Å²) in [5.41, 5.74) is -0.536. The largest absolute Gasteiger partial charge is 0.478 e. The monoisotopic (exact) mass is 257 g/mol. The Bertz CT molecular complexity index is 447. The van der Waals surface area contributed by atoms with Gasteiger partial charge in [0.2, 0.25) is 0 Å². The first-order valence-corrected chi connectivity index (χ1v) is 5.88. The van der Waals surface area contributed by atoms with E-state index in [-0.39, 0.29) is 11.7 Å². The van der Waals surface area contributed by atoms with Gasteiger partial charge in [0.25, 0.3) is 0 Å². The summed E-state index contributed by atoms with van der Waals surface area (Å²) in [6, 6.07) is 2.42. The van der Waals surface area contributed by atoms with Crippen LogP contribution in [0.5, 0.6) is 0 Å². The molecule has 0 aromatic heterocycles. The maximum atomic E-state index is 13.9. The van der Waals surface area contributed by atoms with E-state index in [1.54, 1.807) is 4.90 Å². The van der Waals surface area contributed by atoms with Crippen LogP contribution in [0.25, 0.3) is 0 Å². The highest BCUT2D eigenvalue weighted by molar-refractivity contribution is 5.88. The van der Waals surface area contributed by atoms with Crippen molar-refractivity contribution < 1.29 is 18.7 Å². The number of rotatable bonds is 5. The summed E-state index contributed by atoms with van der Waals surface area (Å²) in [6.07, 6.45) is 0.792. The summed E-state index contributed by atoms with van der Waals surface area (Å²) in [5, 5.41) is 8.71. The molecule has 1 aromatic carbocycles. The molecule has 0 bridgehead atoms. The van der Waals surface area contributed by atoms with Crippen molar-refractivity contribution in [2.75, 3.05) is 11.4 Å². The molecule has 18 heavy (non-hydrogen) atoms. The number of nitrogens with zero attached hydrogens (tertiary/aromatic N) is 1. The molecular weight excluding hydrogens is 240 g/mol. The number of carbonyl (C=O) groups is 1. The molecule has 0 atom stereocenters. The summed E-state index contributed by atoms with van der Waals surface area (Å²) >= 11 is 0. The molecule has 0 aliphatic carbocycles. The molecule has 0 spiro atoms. The van der Waals surface area contributed by atoms with Crippen molar-refractivity contribution in [3.05, 3.63) is 29.3 Å². The first-order valence-electron chi connectivity index (χ1n) is 5.88. The van der Waals surface area contributed by atoms with E-state index in [9.17, 15) is 13.6 Å². The second-order valence-corrected chi connectivity index (χ2v) is 4.35. The van der Waals surface area contributed by atoms with Gasteiger partial charge < -0.3 is 10.0 Å². The van der Waals surface area contributed by atoms with Gasteiger partial charge >= 0.3 is 5.97 Å². The standard InChI is InChI=1S/C13H17F2NO2/c1-4-7-16(8(2)3)10-6-5-9(13(17)18)11(14)12(10)15/h5-6,8H,4,7H2,1-3H3,(H,17,18). The lowest BCUT2D eigenvalue weighted by Gasteiger charge is -2.29. The summed E-state index contributed by atoms with van der Waals surface area (Å²) in [6.45, 7) is 6.27. The number of carboxylic acid groups (broad SMARTS) is 1. The van der Waals surface area contributed by atoms with Crippen LogP contribution >= 0.6 is 0 Å². The van der Waals surface area contributed by atoms with Gasteiger partial charge in [-0.2, -0.15) is 0 Å². The fourth-order valence-electron chi connectivity index (χ4n) is 1.82. The number of halogens is 2. The molecule has 0 fully saturated rings. The predicted molar refractivity (Wildman–Crippen MR) is 66.1 cm³/mol. The molecule has 0 amide bonds. The van der Waals surface area contributed by atoms with E-state index in [1.807, 2.05) is 20.8 Å². The summed E-state index contributed by atoms with van der Waals surface area (Å²) in [5.74, 6) is -3.87. The Balaban J connectivity index is 3.25. The second kappa shape index (κ2) is 5.80. The predicted octanol–water partition coefficient (Wildman–Crippen LogP) is 3.29. The number of hydrogen-bond donors (Lipinski definition) is 1. The lowest BCUT2D eigenvalue weighted by atomic mass is 10.1. The number of benzene rings is 1. The van der Waals surface area contributed by atoms with Gasteiger partial charge in [0.15, 0.2) is 11.6 Å². The van der Waals surface area contributed by atoms with Gasteiger partial charge in [-0.25, -0.2) is 13.6 Å². The van der Waals surface area contributed by atoms with Gasteiger partial charge in [0, 0.05) is 12.6 Å². The summed E-state index contributed by atoms with van der Waals surface area (Å²) in [7, 11) is 0. The molecule has 0 aliphatic heterocycles. The minimum absolute atomic E-state index is 0.00882. The normalized spacial score (nSPS) is 10.8. The van der Waals surface area contributed by atoms with Crippen molar-refractivity contribution in [1.82, 2.24) is 0 Å². The fourth-order valence-corrected chi connectivity index (χ4v) is 1.82. The van der Waals surface area contributed by atoms with Gasteiger partial charge in [-0.3, -0.25) is 0 Å². The lowest BCUT2D eigenvalue weighted by Crippen LogP contribution is -2.32. The Morgan fingerprint density at radius 1 is 1.33 bits per heavy atom. The van der Waals surface area contributed by atoms with Crippen LogP contribution < -0.4 is 4.90 Å². The average molecular weight is 257 g/mol. The van der Waals surface area contributed by atoms with Gasteiger partial charge in [-0.05, 0) is 32.4 Å². The first kappa shape index (κ1) is 14.4. The van der Waals surface area contributed by atoms with Gasteiger partial charge in [0.1, 0.15) is 0 Å². The molecule has 0 heterocycles. The molecule has 0 aliphatic rings. The smallest absolute Gasteiger partial charge is 0.338 e. The van der Waals surface area contributed by atoms with E-state index < -0.39 is 23.2 Å². The molecule has 5 heteroatoms. The SMILES string of the molecule is CCCN(c1ccc(C(=O)O)c(F)c1F)C(C)C. The van der Waals surface area contributed by atoms with Crippen molar-refractivity contribution >= 4 is 11.7 Å². The van der Waals surface area contributed by atoms with Crippen LogP contribution in [-0.4, -0.2) is 23.7 Å². The van der Waals surface area contributed by atoms with Crippen LogP contribution in [-0.2, 0) is 0 Å². The molecule has 100 valence electrons. The van der Waals surface area contributed by atoms with E-state index in [0.717, 1.165) is 12.5 Å². The zero-order valence-corrected chi connectivity index (χ0v) is 10.7. The van der Waals surface area contributed by atoms with Crippen molar-refractivity contribution in [1.29, 1.82) is 0 Å².